The van der Waals surface area contributed by atoms with E-state index in [4.69, 9.17) is 9.47 Å². The fraction of sp³-hybridized carbons (Fsp3) is 0.214. The van der Waals surface area contributed by atoms with Gasteiger partial charge in [0.1, 0.15) is 30.1 Å². The quantitative estimate of drug-likeness (QED) is 0.423. The predicted molar refractivity (Wildman–Crippen MR) is 132 cm³/mol. The summed E-state index contributed by atoms with van der Waals surface area (Å²) in [6, 6.07) is 23.6. The van der Waals surface area contributed by atoms with E-state index in [0.29, 0.717) is 38.5 Å². The van der Waals surface area contributed by atoms with Crippen LogP contribution in [0.5, 0.6) is 5.75 Å². The van der Waals surface area contributed by atoms with Gasteiger partial charge in [-0.25, -0.2) is 9.97 Å². The highest BCUT2D eigenvalue weighted by atomic mass is 16.5. The molecule has 0 saturated carbocycles. The standard InChI is InChI=1S/C28H25N3O3/c32-28(14-16-33-17-15-28)13-12-21-6-11-26-25(18-21)27(30-20-29-26)31-23-7-9-24(10-8-23)34-19-22-4-2-1-3-5-22/h1-11,18,20,32H,14-17,19H2,(H,29,30,31). The molecule has 0 atom stereocenters. The zero-order valence-electron chi connectivity index (χ0n) is 18.7. The summed E-state index contributed by atoms with van der Waals surface area (Å²) in [6.07, 6.45) is 2.58. The van der Waals surface area contributed by atoms with Gasteiger partial charge in [0.05, 0.1) is 18.7 Å². The third kappa shape index (κ3) is 5.34. The Hall–Kier alpha value is -3.92. The fourth-order valence-corrected chi connectivity index (χ4v) is 3.77. The highest BCUT2D eigenvalue weighted by Gasteiger charge is 2.27. The van der Waals surface area contributed by atoms with Crippen molar-refractivity contribution >= 4 is 22.4 Å². The van der Waals surface area contributed by atoms with Crippen molar-refractivity contribution in [2.45, 2.75) is 25.0 Å². The predicted octanol–water partition coefficient (Wildman–Crippen LogP) is 4.85. The minimum Gasteiger partial charge on any atom is -0.489 e. The van der Waals surface area contributed by atoms with E-state index in [1.165, 1.54) is 6.33 Å². The molecule has 0 radical (unpaired) electrons. The van der Waals surface area contributed by atoms with Gasteiger partial charge in [0, 0.05) is 29.5 Å². The van der Waals surface area contributed by atoms with Crippen molar-refractivity contribution in [2.24, 2.45) is 0 Å². The Morgan fingerprint density at radius 2 is 1.76 bits per heavy atom. The third-order valence-corrected chi connectivity index (χ3v) is 5.76. The zero-order valence-corrected chi connectivity index (χ0v) is 18.7. The Labute approximate surface area is 198 Å². The van der Waals surface area contributed by atoms with E-state index in [0.717, 1.165) is 33.5 Å². The lowest BCUT2D eigenvalue weighted by atomic mass is 9.95. The molecular weight excluding hydrogens is 426 g/mol. The van der Waals surface area contributed by atoms with Crippen molar-refractivity contribution < 1.29 is 14.6 Å². The van der Waals surface area contributed by atoms with Gasteiger partial charge in [-0.2, -0.15) is 0 Å². The van der Waals surface area contributed by atoms with E-state index < -0.39 is 5.60 Å². The molecule has 0 spiro atoms. The maximum absolute atomic E-state index is 10.6. The largest absolute Gasteiger partial charge is 0.489 e. The molecule has 4 aromatic rings. The number of ether oxygens (including phenoxy) is 2. The first-order chi connectivity index (χ1) is 16.7. The van der Waals surface area contributed by atoms with E-state index in [1.807, 2.05) is 72.8 Å². The average molecular weight is 452 g/mol. The molecule has 170 valence electrons. The van der Waals surface area contributed by atoms with Crippen molar-refractivity contribution in [3.8, 4) is 17.6 Å². The van der Waals surface area contributed by atoms with Crippen molar-refractivity contribution in [1.82, 2.24) is 9.97 Å². The van der Waals surface area contributed by atoms with E-state index >= 15 is 0 Å². The van der Waals surface area contributed by atoms with Crippen molar-refractivity contribution in [3.63, 3.8) is 0 Å². The summed E-state index contributed by atoms with van der Waals surface area (Å²) in [5.74, 6) is 7.63. The van der Waals surface area contributed by atoms with Crippen LogP contribution in [0.4, 0.5) is 11.5 Å². The lowest BCUT2D eigenvalue weighted by Crippen LogP contribution is -2.34. The van der Waals surface area contributed by atoms with Crippen LogP contribution in [0.2, 0.25) is 0 Å². The Bertz CT molecular complexity index is 1320. The number of aliphatic hydroxyl groups is 1. The maximum atomic E-state index is 10.6. The van der Waals surface area contributed by atoms with Crippen LogP contribution in [-0.2, 0) is 11.3 Å². The number of hydrogen-bond donors (Lipinski definition) is 2. The van der Waals surface area contributed by atoms with Crippen LogP contribution in [0.3, 0.4) is 0 Å². The second kappa shape index (κ2) is 9.92. The normalized spacial score (nSPS) is 14.7. The topological polar surface area (TPSA) is 76.5 Å². The molecule has 1 fully saturated rings. The Morgan fingerprint density at radius 3 is 2.56 bits per heavy atom. The maximum Gasteiger partial charge on any atom is 0.141 e. The van der Waals surface area contributed by atoms with Crippen molar-refractivity contribution in [3.05, 3.63) is 90.3 Å². The number of rotatable bonds is 5. The first-order valence-electron chi connectivity index (χ1n) is 11.3. The summed E-state index contributed by atoms with van der Waals surface area (Å²) in [4.78, 5) is 8.81. The van der Waals surface area contributed by atoms with Gasteiger partial charge in [0.25, 0.3) is 0 Å². The van der Waals surface area contributed by atoms with Gasteiger partial charge < -0.3 is 19.9 Å². The SMILES string of the molecule is OC1(C#Cc2ccc3ncnc(Nc4ccc(OCc5ccccc5)cc4)c3c2)CCOCC1. The summed E-state index contributed by atoms with van der Waals surface area (Å²) in [5, 5.41) is 14.8. The minimum atomic E-state index is -0.994. The summed E-state index contributed by atoms with van der Waals surface area (Å²) in [5.41, 5.74) is 2.64. The molecule has 0 aliphatic carbocycles. The van der Waals surface area contributed by atoms with Gasteiger partial charge in [-0.15, -0.1) is 0 Å². The number of nitrogens with zero attached hydrogens (tertiary/aromatic N) is 2. The zero-order chi connectivity index (χ0) is 23.2. The van der Waals surface area contributed by atoms with Crippen LogP contribution in [0.15, 0.2) is 79.1 Å². The molecule has 0 unspecified atom stereocenters. The minimum absolute atomic E-state index is 0.522. The van der Waals surface area contributed by atoms with Gasteiger partial charge in [0.15, 0.2) is 0 Å². The number of nitrogens with one attached hydrogen (secondary N) is 1. The van der Waals surface area contributed by atoms with Gasteiger partial charge in [-0.3, -0.25) is 0 Å². The van der Waals surface area contributed by atoms with Crippen LogP contribution < -0.4 is 10.1 Å². The molecular formula is C28H25N3O3. The van der Waals surface area contributed by atoms with Gasteiger partial charge in [-0.1, -0.05) is 42.2 Å². The molecule has 1 aliphatic heterocycles. The highest BCUT2D eigenvalue weighted by Crippen LogP contribution is 2.26. The van der Waals surface area contributed by atoms with Gasteiger partial charge in [0.2, 0.25) is 0 Å². The van der Waals surface area contributed by atoms with Crippen LogP contribution in [-0.4, -0.2) is 33.9 Å². The first kappa shape index (κ1) is 21.9. The summed E-state index contributed by atoms with van der Waals surface area (Å²) in [7, 11) is 0. The number of benzene rings is 3. The summed E-state index contributed by atoms with van der Waals surface area (Å²) >= 11 is 0. The lowest BCUT2D eigenvalue weighted by Gasteiger charge is -2.26. The molecule has 1 aromatic heterocycles. The van der Waals surface area contributed by atoms with E-state index in [1.54, 1.807) is 0 Å². The molecule has 34 heavy (non-hydrogen) atoms. The molecule has 1 aliphatic rings. The Kier molecular flexibility index (Phi) is 6.39. The summed E-state index contributed by atoms with van der Waals surface area (Å²) in [6.45, 7) is 1.58. The molecule has 3 aromatic carbocycles. The molecule has 0 bridgehead atoms. The fourth-order valence-electron chi connectivity index (χ4n) is 3.77. The second-order valence-corrected chi connectivity index (χ2v) is 8.27. The number of hydrogen-bond acceptors (Lipinski definition) is 6. The number of anilines is 2. The average Bonchev–Trinajstić information content (AvgIpc) is 2.88. The highest BCUT2D eigenvalue weighted by molar-refractivity contribution is 5.91. The molecule has 5 rings (SSSR count). The van der Waals surface area contributed by atoms with E-state index in [9.17, 15) is 5.11 Å². The van der Waals surface area contributed by atoms with E-state index in [-0.39, 0.29) is 0 Å². The molecule has 1 saturated heterocycles. The van der Waals surface area contributed by atoms with Crippen LogP contribution in [0, 0.1) is 11.8 Å². The first-order valence-corrected chi connectivity index (χ1v) is 11.3. The number of fused-ring (bicyclic) bond motifs is 1. The van der Waals surface area contributed by atoms with Crippen molar-refractivity contribution in [1.29, 1.82) is 0 Å². The molecule has 0 amide bonds. The third-order valence-electron chi connectivity index (χ3n) is 5.76. The molecule has 2 heterocycles. The van der Waals surface area contributed by atoms with Crippen LogP contribution in [0.1, 0.15) is 24.0 Å². The molecule has 6 heteroatoms. The van der Waals surface area contributed by atoms with Gasteiger partial charge in [-0.05, 0) is 48.0 Å². The van der Waals surface area contributed by atoms with Crippen molar-refractivity contribution in [2.75, 3.05) is 18.5 Å². The Balaban J connectivity index is 1.32. The number of aromatic nitrogens is 2. The van der Waals surface area contributed by atoms with Crippen LogP contribution >= 0.6 is 0 Å². The smallest absolute Gasteiger partial charge is 0.141 e. The molecule has 6 nitrogen and oxygen atoms in total. The Morgan fingerprint density at radius 1 is 0.971 bits per heavy atom. The summed E-state index contributed by atoms with van der Waals surface area (Å²) < 4.78 is 11.2. The van der Waals surface area contributed by atoms with Crippen LogP contribution in [0.25, 0.3) is 10.9 Å². The van der Waals surface area contributed by atoms with E-state index in [2.05, 4.69) is 27.1 Å². The monoisotopic (exact) mass is 451 g/mol. The second-order valence-electron chi connectivity index (χ2n) is 8.27. The molecule has 2 N–H and O–H groups in total. The van der Waals surface area contributed by atoms with Gasteiger partial charge >= 0.3 is 0 Å². The lowest BCUT2D eigenvalue weighted by molar-refractivity contribution is -0.0261.